The molecule has 0 rings (SSSR count). The van der Waals surface area contributed by atoms with Crippen molar-refractivity contribution in [3.05, 3.63) is 0 Å². The Morgan fingerprint density at radius 2 is 2.11 bits per heavy atom. The number of halogens is 2. The lowest BCUT2D eigenvalue weighted by molar-refractivity contribution is 0.144. The first-order valence-corrected chi connectivity index (χ1v) is 4.96. The van der Waals surface area contributed by atoms with Crippen LogP contribution >= 0.6 is 31.9 Å². The van der Waals surface area contributed by atoms with Gasteiger partial charge in [0.1, 0.15) is 0 Å². The van der Waals surface area contributed by atoms with Gasteiger partial charge in [-0.3, -0.25) is 0 Å². The number of unbranched alkanes of at least 4 members (excludes halogenated alkanes) is 1. The second-order valence-electron chi connectivity index (χ2n) is 1.82. The Morgan fingerprint density at radius 1 is 1.44 bits per heavy atom. The zero-order valence-electron chi connectivity index (χ0n) is 5.57. The van der Waals surface area contributed by atoms with Gasteiger partial charge < -0.3 is 4.74 Å². The Labute approximate surface area is 73.4 Å². The van der Waals surface area contributed by atoms with Gasteiger partial charge in [0.15, 0.2) is 0 Å². The molecule has 3 heteroatoms. The van der Waals surface area contributed by atoms with E-state index in [0.29, 0.717) is 3.74 Å². The molecular weight excluding hydrogens is 248 g/mol. The zero-order valence-corrected chi connectivity index (χ0v) is 8.74. The summed E-state index contributed by atoms with van der Waals surface area (Å²) in [6.45, 7) is 3.79. The first kappa shape index (κ1) is 9.92. The smallest absolute Gasteiger partial charge is 0.0930 e. The lowest BCUT2D eigenvalue weighted by Gasteiger charge is -2.02. The Kier molecular flexibility index (Phi) is 7.75. The molecule has 0 aliphatic heterocycles. The summed E-state index contributed by atoms with van der Waals surface area (Å²) in [4.78, 5) is 0. The first-order chi connectivity index (χ1) is 4.27. The highest BCUT2D eigenvalue weighted by molar-refractivity contribution is 9.24. The summed E-state index contributed by atoms with van der Waals surface area (Å²) in [6, 6.07) is 0. The molecule has 0 aromatic heterocycles. The van der Waals surface area contributed by atoms with Crippen LogP contribution in [0.15, 0.2) is 0 Å². The Hall–Kier alpha value is 0.920. The molecule has 0 saturated heterocycles. The average molecular weight is 260 g/mol. The van der Waals surface area contributed by atoms with E-state index >= 15 is 0 Å². The van der Waals surface area contributed by atoms with E-state index in [1.807, 2.05) is 0 Å². The third-order valence-corrected chi connectivity index (χ3v) is 1.41. The van der Waals surface area contributed by atoms with E-state index in [4.69, 9.17) is 4.74 Å². The second kappa shape index (κ2) is 7.03. The fourth-order valence-corrected chi connectivity index (χ4v) is 0.793. The van der Waals surface area contributed by atoms with Gasteiger partial charge in [-0.15, -0.1) is 0 Å². The molecule has 0 aromatic rings. The molecule has 0 amide bonds. The number of rotatable bonds is 5. The van der Waals surface area contributed by atoms with Gasteiger partial charge in [0.2, 0.25) is 0 Å². The summed E-state index contributed by atoms with van der Waals surface area (Å²) in [5.74, 6) is 0. The van der Waals surface area contributed by atoms with Crippen molar-refractivity contribution in [2.45, 2.75) is 23.5 Å². The molecule has 0 aliphatic carbocycles. The molecular formula is C6H12Br2O. The second-order valence-corrected chi connectivity index (χ2v) is 5.26. The minimum atomic E-state index is 0.307. The maximum absolute atomic E-state index is 5.24. The van der Waals surface area contributed by atoms with E-state index in [-0.39, 0.29) is 0 Å². The summed E-state index contributed by atoms with van der Waals surface area (Å²) in [5.41, 5.74) is 0. The number of alkyl halides is 2. The molecule has 0 unspecified atom stereocenters. The number of hydrogen-bond acceptors (Lipinski definition) is 1. The van der Waals surface area contributed by atoms with Crippen LogP contribution in [-0.2, 0) is 4.74 Å². The van der Waals surface area contributed by atoms with E-state index in [1.165, 1.54) is 6.42 Å². The maximum atomic E-state index is 5.24. The third-order valence-electron chi connectivity index (χ3n) is 0.886. The minimum Gasteiger partial charge on any atom is -0.379 e. The van der Waals surface area contributed by atoms with Crippen LogP contribution in [0.2, 0.25) is 0 Å². The van der Waals surface area contributed by atoms with E-state index in [9.17, 15) is 0 Å². The molecule has 0 spiro atoms. The van der Waals surface area contributed by atoms with Crippen LogP contribution in [-0.4, -0.2) is 17.0 Å². The Morgan fingerprint density at radius 3 is 2.56 bits per heavy atom. The van der Waals surface area contributed by atoms with Crippen LogP contribution in [0.5, 0.6) is 0 Å². The summed E-state index contributed by atoms with van der Waals surface area (Å²) < 4.78 is 5.55. The summed E-state index contributed by atoms with van der Waals surface area (Å²) in [7, 11) is 0. The first-order valence-electron chi connectivity index (χ1n) is 3.13. The highest BCUT2D eigenvalue weighted by Gasteiger charge is 1.94. The third kappa shape index (κ3) is 8.92. The zero-order chi connectivity index (χ0) is 7.11. The van der Waals surface area contributed by atoms with Gasteiger partial charge in [-0.2, -0.15) is 0 Å². The van der Waals surface area contributed by atoms with Gasteiger partial charge in [-0.1, -0.05) is 45.2 Å². The molecule has 0 heterocycles. The van der Waals surface area contributed by atoms with Gasteiger partial charge in [0, 0.05) is 6.61 Å². The van der Waals surface area contributed by atoms with Crippen LogP contribution in [0.1, 0.15) is 19.8 Å². The van der Waals surface area contributed by atoms with Gasteiger partial charge >= 0.3 is 0 Å². The molecule has 0 N–H and O–H groups in total. The van der Waals surface area contributed by atoms with Crippen molar-refractivity contribution in [1.82, 2.24) is 0 Å². The molecule has 9 heavy (non-hydrogen) atoms. The predicted octanol–water partition coefficient (Wildman–Crippen LogP) is 2.92. The Balaban J connectivity index is 2.75. The number of ether oxygens (including phenoxy) is 1. The van der Waals surface area contributed by atoms with Crippen molar-refractivity contribution in [3.8, 4) is 0 Å². The Bertz CT molecular complexity index is 57.0. The SMILES string of the molecule is CCCCOCC(Br)Br. The van der Waals surface area contributed by atoms with Crippen molar-refractivity contribution < 1.29 is 4.74 Å². The lowest BCUT2D eigenvalue weighted by atomic mass is 10.4. The lowest BCUT2D eigenvalue weighted by Crippen LogP contribution is -2.01. The van der Waals surface area contributed by atoms with Crippen LogP contribution in [0.3, 0.4) is 0 Å². The van der Waals surface area contributed by atoms with E-state index < -0.39 is 0 Å². The van der Waals surface area contributed by atoms with Crippen LogP contribution < -0.4 is 0 Å². The molecule has 0 fully saturated rings. The highest BCUT2D eigenvalue weighted by Crippen LogP contribution is 2.07. The maximum Gasteiger partial charge on any atom is 0.0930 e. The van der Waals surface area contributed by atoms with Crippen LogP contribution in [0.4, 0.5) is 0 Å². The fourth-order valence-electron chi connectivity index (χ4n) is 0.419. The molecule has 0 saturated carbocycles. The van der Waals surface area contributed by atoms with Gasteiger partial charge in [-0.25, -0.2) is 0 Å². The molecule has 0 bridgehead atoms. The van der Waals surface area contributed by atoms with E-state index in [2.05, 4.69) is 38.8 Å². The highest BCUT2D eigenvalue weighted by atomic mass is 79.9. The van der Waals surface area contributed by atoms with Crippen molar-refractivity contribution >= 4 is 31.9 Å². The molecule has 0 aromatic carbocycles. The largest absolute Gasteiger partial charge is 0.379 e. The molecule has 56 valence electrons. The predicted molar refractivity (Wildman–Crippen MR) is 47.4 cm³/mol. The minimum absolute atomic E-state index is 0.307. The van der Waals surface area contributed by atoms with Crippen molar-refractivity contribution in [2.75, 3.05) is 13.2 Å². The van der Waals surface area contributed by atoms with E-state index in [0.717, 1.165) is 19.6 Å². The average Bonchev–Trinajstić information content (AvgIpc) is 1.80. The topological polar surface area (TPSA) is 9.23 Å². The molecule has 0 atom stereocenters. The van der Waals surface area contributed by atoms with Crippen molar-refractivity contribution in [2.24, 2.45) is 0 Å². The summed E-state index contributed by atoms with van der Waals surface area (Å²) in [6.07, 6.45) is 2.36. The van der Waals surface area contributed by atoms with Crippen LogP contribution in [0.25, 0.3) is 0 Å². The van der Waals surface area contributed by atoms with Gasteiger partial charge in [-0.05, 0) is 6.42 Å². The van der Waals surface area contributed by atoms with Gasteiger partial charge in [0.05, 0.1) is 10.3 Å². The van der Waals surface area contributed by atoms with Crippen molar-refractivity contribution in [3.63, 3.8) is 0 Å². The molecule has 1 nitrogen and oxygen atoms in total. The summed E-state index contributed by atoms with van der Waals surface area (Å²) >= 11 is 6.64. The van der Waals surface area contributed by atoms with Gasteiger partial charge in [0.25, 0.3) is 0 Å². The number of hydrogen-bond donors (Lipinski definition) is 0. The van der Waals surface area contributed by atoms with Crippen LogP contribution in [0, 0.1) is 0 Å². The quantitative estimate of drug-likeness (QED) is 0.545. The summed E-state index contributed by atoms with van der Waals surface area (Å²) in [5, 5.41) is 0. The standard InChI is InChI=1S/C6H12Br2O/c1-2-3-4-9-5-6(7)8/h6H,2-5H2,1H3. The monoisotopic (exact) mass is 258 g/mol. The molecule has 0 radical (unpaired) electrons. The molecule has 0 aliphatic rings. The van der Waals surface area contributed by atoms with Crippen molar-refractivity contribution in [1.29, 1.82) is 0 Å². The fraction of sp³-hybridized carbons (Fsp3) is 1.00. The van der Waals surface area contributed by atoms with E-state index in [1.54, 1.807) is 0 Å². The normalized spacial score (nSPS) is 10.7.